The number of halogens is 1. The topological polar surface area (TPSA) is 53.6 Å². The van der Waals surface area contributed by atoms with Gasteiger partial charge in [0.25, 0.3) is 0 Å². The zero-order valence-electron chi connectivity index (χ0n) is 12.1. The molecule has 0 spiro atoms. The van der Waals surface area contributed by atoms with E-state index in [1.807, 2.05) is 18.2 Å². The summed E-state index contributed by atoms with van der Waals surface area (Å²) in [6.07, 6.45) is 0.330. The van der Waals surface area contributed by atoms with Crippen molar-refractivity contribution in [1.29, 1.82) is 0 Å². The number of fused-ring (bicyclic) bond motifs is 1. The number of nitrogens with one attached hydrogen (secondary N) is 2. The monoisotopic (exact) mass is 293 g/mol. The number of hydrogen-bond donors (Lipinski definition) is 2. The number of amides is 2. The molecule has 2 amide bonds. The molecule has 2 atom stereocenters. The molecule has 3 rings (SSSR count). The second-order valence-corrected chi connectivity index (χ2v) is 5.47. The molecular weight excluding hydrogens is 273 g/mol. The van der Waals surface area contributed by atoms with Crippen LogP contribution in [0.1, 0.15) is 12.0 Å². The van der Waals surface area contributed by atoms with Gasteiger partial charge in [0.05, 0.1) is 13.2 Å². The number of piperidine rings is 1. The van der Waals surface area contributed by atoms with Gasteiger partial charge in [-0.05, 0) is 43.1 Å². The fourth-order valence-electron chi connectivity index (χ4n) is 3.03. The third-order valence-corrected chi connectivity index (χ3v) is 4.21. The van der Waals surface area contributed by atoms with Gasteiger partial charge >= 0.3 is 6.03 Å². The van der Waals surface area contributed by atoms with E-state index >= 15 is 0 Å². The van der Waals surface area contributed by atoms with Gasteiger partial charge in [-0.2, -0.15) is 0 Å². The predicted molar refractivity (Wildman–Crippen MR) is 78.6 cm³/mol. The van der Waals surface area contributed by atoms with E-state index in [2.05, 4.69) is 10.6 Å². The Morgan fingerprint density at radius 3 is 3.05 bits per heavy atom. The molecule has 1 fully saturated rings. The van der Waals surface area contributed by atoms with Crippen LogP contribution in [0.15, 0.2) is 18.2 Å². The highest BCUT2D eigenvalue weighted by Gasteiger charge is 2.34. The summed E-state index contributed by atoms with van der Waals surface area (Å²) in [5.74, 6) is 0.765. The number of rotatable bonds is 2. The van der Waals surface area contributed by atoms with Crippen LogP contribution in [-0.4, -0.2) is 49.9 Å². The third-order valence-electron chi connectivity index (χ3n) is 4.21. The summed E-state index contributed by atoms with van der Waals surface area (Å²) in [6.45, 7) is 1.59. The van der Waals surface area contributed by atoms with Crippen molar-refractivity contribution < 1.29 is 13.9 Å². The van der Waals surface area contributed by atoms with Crippen molar-refractivity contribution in [3.8, 4) is 5.75 Å². The van der Waals surface area contributed by atoms with Crippen molar-refractivity contribution in [2.24, 2.45) is 0 Å². The molecule has 1 aromatic rings. The molecule has 0 bridgehead atoms. The summed E-state index contributed by atoms with van der Waals surface area (Å²) in [5.41, 5.74) is 1.81. The van der Waals surface area contributed by atoms with E-state index < -0.39 is 6.17 Å². The first-order valence-electron chi connectivity index (χ1n) is 7.28. The van der Waals surface area contributed by atoms with E-state index in [0.717, 1.165) is 23.5 Å². The van der Waals surface area contributed by atoms with Crippen LogP contribution in [0.2, 0.25) is 0 Å². The molecule has 1 aromatic carbocycles. The minimum atomic E-state index is -1.01. The minimum Gasteiger partial charge on any atom is -0.497 e. The van der Waals surface area contributed by atoms with Gasteiger partial charge in [-0.3, -0.25) is 0 Å². The van der Waals surface area contributed by atoms with Gasteiger partial charge in [0.1, 0.15) is 11.9 Å². The predicted octanol–water partition coefficient (Wildman–Crippen LogP) is 1.79. The smallest absolute Gasteiger partial charge is 0.322 e. The lowest BCUT2D eigenvalue weighted by atomic mass is 10.0. The van der Waals surface area contributed by atoms with Gasteiger partial charge in [-0.25, -0.2) is 9.18 Å². The third kappa shape index (κ3) is 2.81. The quantitative estimate of drug-likeness (QED) is 0.874. The first kappa shape index (κ1) is 14.1. The molecule has 6 heteroatoms. The van der Waals surface area contributed by atoms with Crippen LogP contribution in [0, 0.1) is 0 Å². The molecule has 1 saturated heterocycles. The summed E-state index contributed by atoms with van der Waals surface area (Å²) in [6, 6.07) is 5.02. The number of ether oxygens (including phenoxy) is 1. The van der Waals surface area contributed by atoms with E-state index in [0.29, 0.717) is 25.9 Å². The Kier molecular flexibility index (Phi) is 3.96. The van der Waals surface area contributed by atoms with E-state index in [4.69, 9.17) is 4.74 Å². The van der Waals surface area contributed by atoms with Gasteiger partial charge in [0, 0.05) is 18.8 Å². The van der Waals surface area contributed by atoms with Gasteiger partial charge in [-0.1, -0.05) is 0 Å². The average Bonchev–Trinajstić information content (AvgIpc) is 2.65. The van der Waals surface area contributed by atoms with Crippen molar-refractivity contribution in [1.82, 2.24) is 10.2 Å². The van der Waals surface area contributed by atoms with Crippen LogP contribution in [0.25, 0.3) is 0 Å². The number of carbonyl (C=O) groups excluding carboxylic acids is 1. The first-order valence-corrected chi connectivity index (χ1v) is 7.28. The van der Waals surface area contributed by atoms with E-state index in [9.17, 15) is 9.18 Å². The molecule has 0 aliphatic carbocycles. The largest absolute Gasteiger partial charge is 0.497 e. The van der Waals surface area contributed by atoms with Crippen LogP contribution in [0.5, 0.6) is 5.75 Å². The number of nitrogens with zero attached hydrogens (tertiary/aromatic N) is 1. The van der Waals surface area contributed by atoms with Gasteiger partial charge in [0.15, 0.2) is 0 Å². The maximum absolute atomic E-state index is 14.1. The van der Waals surface area contributed by atoms with Crippen molar-refractivity contribution >= 4 is 11.7 Å². The molecule has 2 aliphatic rings. The van der Waals surface area contributed by atoms with Crippen LogP contribution >= 0.6 is 0 Å². The number of alkyl halides is 1. The first-order chi connectivity index (χ1) is 10.2. The van der Waals surface area contributed by atoms with Crippen LogP contribution in [-0.2, 0) is 6.42 Å². The molecule has 2 heterocycles. The average molecular weight is 293 g/mol. The Bertz CT molecular complexity index is 538. The van der Waals surface area contributed by atoms with Crippen LogP contribution < -0.4 is 15.4 Å². The molecule has 2 N–H and O–H groups in total. The Labute approximate surface area is 123 Å². The minimum absolute atomic E-state index is 0.214. The van der Waals surface area contributed by atoms with E-state index in [-0.39, 0.29) is 12.1 Å². The fourth-order valence-corrected chi connectivity index (χ4v) is 3.03. The molecule has 5 nitrogen and oxygen atoms in total. The van der Waals surface area contributed by atoms with Gasteiger partial charge in [-0.15, -0.1) is 0 Å². The Balaban J connectivity index is 1.80. The summed E-state index contributed by atoms with van der Waals surface area (Å²) >= 11 is 0. The maximum Gasteiger partial charge on any atom is 0.322 e. The van der Waals surface area contributed by atoms with Crippen LogP contribution in [0.3, 0.4) is 0 Å². The Hall–Kier alpha value is -1.82. The molecule has 2 unspecified atom stereocenters. The van der Waals surface area contributed by atoms with Crippen molar-refractivity contribution in [3.05, 3.63) is 23.8 Å². The lowest BCUT2D eigenvalue weighted by molar-refractivity contribution is 0.110. The molecule has 21 heavy (non-hydrogen) atoms. The van der Waals surface area contributed by atoms with E-state index in [1.165, 1.54) is 0 Å². The van der Waals surface area contributed by atoms with Crippen molar-refractivity contribution in [3.63, 3.8) is 0 Å². The van der Waals surface area contributed by atoms with Gasteiger partial charge < -0.3 is 20.3 Å². The SMILES string of the molecule is COc1ccc2c(c1)CCN(C1CCNCC1F)C(=O)N2. The highest BCUT2D eigenvalue weighted by Crippen LogP contribution is 2.27. The van der Waals surface area contributed by atoms with Gasteiger partial charge in [0.2, 0.25) is 0 Å². The standard InChI is InChI=1S/C15H20FN3O2/c1-21-11-2-3-13-10(8-11)5-7-19(15(20)18-13)14-4-6-17-9-12(14)16/h2-3,8,12,14,17H,4-7,9H2,1H3,(H,18,20). The lowest BCUT2D eigenvalue weighted by Gasteiger charge is -2.35. The second kappa shape index (κ2) is 5.89. The number of carbonyl (C=O) groups is 1. The molecule has 0 aromatic heterocycles. The lowest BCUT2D eigenvalue weighted by Crippen LogP contribution is -2.54. The van der Waals surface area contributed by atoms with Crippen molar-refractivity contribution in [2.45, 2.75) is 25.1 Å². The highest BCUT2D eigenvalue weighted by atomic mass is 19.1. The second-order valence-electron chi connectivity index (χ2n) is 5.47. The Morgan fingerprint density at radius 2 is 2.29 bits per heavy atom. The van der Waals surface area contributed by atoms with E-state index in [1.54, 1.807) is 12.0 Å². The molecule has 114 valence electrons. The summed E-state index contributed by atoms with van der Waals surface area (Å²) < 4.78 is 19.3. The zero-order chi connectivity index (χ0) is 14.8. The Morgan fingerprint density at radius 1 is 1.43 bits per heavy atom. The zero-order valence-corrected chi connectivity index (χ0v) is 12.1. The number of benzene rings is 1. The molecule has 2 aliphatic heterocycles. The van der Waals surface area contributed by atoms with Crippen LogP contribution in [0.4, 0.5) is 14.9 Å². The number of methoxy groups -OCH3 is 1. The highest BCUT2D eigenvalue weighted by molar-refractivity contribution is 5.91. The summed E-state index contributed by atoms with van der Waals surface area (Å²) in [7, 11) is 1.62. The summed E-state index contributed by atoms with van der Waals surface area (Å²) in [5, 5.41) is 5.90. The molecular formula is C15H20FN3O2. The normalized spacial score (nSPS) is 25.8. The molecule has 0 saturated carbocycles. The van der Waals surface area contributed by atoms with Crippen molar-refractivity contribution in [2.75, 3.05) is 32.1 Å². The summed E-state index contributed by atoms with van der Waals surface area (Å²) in [4.78, 5) is 14.0. The number of urea groups is 1. The number of anilines is 1. The maximum atomic E-state index is 14.1. The number of hydrogen-bond acceptors (Lipinski definition) is 3. The fraction of sp³-hybridized carbons (Fsp3) is 0.533. The molecule has 0 radical (unpaired) electrons.